The van der Waals surface area contributed by atoms with Crippen LogP contribution in [0.4, 0.5) is 14.5 Å². The van der Waals surface area contributed by atoms with Crippen molar-refractivity contribution in [1.29, 1.82) is 0 Å². The molecule has 1 amide bonds. The van der Waals surface area contributed by atoms with Crippen LogP contribution in [0.15, 0.2) is 42.5 Å². The predicted molar refractivity (Wildman–Crippen MR) is 84.4 cm³/mol. The van der Waals surface area contributed by atoms with Crippen molar-refractivity contribution in [3.8, 4) is 5.75 Å². The molecular weight excluding hydrogens is 336 g/mol. The number of benzene rings is 2. The van der Waals surface area contributed by atoms with E-state index in [9.17, 15) is 23.2 Å². The van der Waals surface area contributed by atoms with Crippen LogP contribution in [0.5, 0.6) is 5.75 Å². The van der Waals surface area contributed by atoms with Crippen molar-refractivity contribution in [3.05, 3.63) is 59.2 Å². The molecule has 0 aliphatic rings. The number of amides is 1. The highest BCUT2D eigenvalue weighted by Gasteiger charge is 2.19. The van der Waals surface area contributed by atoms with Crippen molar-refractivity contribution in [3.63, 3.8) is 0 Å². The number of anilines is 1. The number of aromatic carboxylic acids is 1. The van der Waals surface area contributed by atoms with Gasteiger partial charge in [-0.05, 0) is 37.3 Å². The molecule has 0 unspecified atom stereocenters. The Bertz CT molecular complexity index is 836. The van der Waals surface area contributed by atoms with Crippen molar-refractivity contribution in [2.24, 2.45) is 0 Å². The van der Waals surface area contributed by atoms with E-state index in [1.807, 2.05) is 0 Å². The topological polar surface area (TPSA) is 92.7 Å². The molecule has 8 heteroatoms. The lowest BCUT2D eigenvalue weighted by Gasteiger charge is -2.13. The predicted octanol–water partition coefficient (Wildman–Crippen LogP) is 3.44. The van der Waals surface area contributed by atoms with E-state index in [2.05, 4.69) is 10.1 Å². The molecule has 0 bridgehead atoms. The summed E-state index contributed by atoms with van der Waals surface area (Å²) in [5.74, 6) is -2.88. The monoisotopic (exact) mass is 349 g/mol. The Morgan fingerprint density at radius 3 is 2.28 bits per heavy atom. The van der Waals surface area contributed by atoms with Gasteiger partial charge in [-0.1, -0.05) is 12.1 Å². The third kappa shape index (κ3) is 4.37. The minimum absolute atomic E-state index is 0.115. The first kappa shape index (κ1) is 18.1. The maximum atomic E-state index is 12.6. The number of carboxylic acid groups (broad SMARTS) is 1. The third-order valence-electron chi connectivity index (χ3n) is 3.25. The summed E-state index contributed by atoms with van der Waals surface area (Å²) in [5.41, 5.74) is -0.375. The molecule has 2 aromatic rings. The summed E-state index contributed by atoms with van der Waals surface area (Å²) in [6.45, 7) is -1.91. The summed E-state index contributed by atoms with van der Waals surface area (Å²) in [7, 11) is 0. The van der Waals surface area contributed by atoms with Gasteiger partial charge in [0.15, 0.2) is 5.78 Å². The van der Waals surface area contributed by atoms with E-state index in [-0.39, 0.29) is 28.2 Å². The SMILES string of the molecule is CC(=O)c1ccc(NC(=O)c2ccccc2C(=O)O)c(OC(F)F)c1. The van der Waals surface area contributed by atoms with Gasteiger partial charge in [-0.3, -0.25) is 9.59 Å². The summed E-state index contributed by atoms with van der Waals surface area (Å²) >= 11 is 0. The Hall–Kier alpha value is -3.29. The zero-order chi connectivity index (χ0) is 18.6. The molecular formula is C17H13F2NO5. The van der Waals surface area contributed by atoms with E-state index in [0.717, 1.165) is 6.07 Å². The minimum atomic E-state index is -3.16. The molecule has 2 rings (SSSR count). The molecule has 0 atom stereocenters. The van der Waals surface area contributed by atoms with Gasteiger partial charge in [0.05, 0.1) is 16.8 Å². The Morgan fingerprint density at radius 2 is 1.72 bits per heavy atom. The lowest BCUT2D eigenvalue weighted by atomic mass is 10.1. The van der Waals surface area contributed by atoms with Crippen LogP contribution in [0.2, 0.25) is 0 Å². The van der Waals surface area contributed by atoms with E-state index in [0.29, 0.717) is 0 Å². The van der Waals surface area contributed by atoms with Gasteiger partial charge in [0.2, 0.25) is 0 Å². The summed E-state index contributed by atoms with van der Waals surface area (Å²) in [5, 5.41) is 11.4. The molecule has 0 aromatic heterocycles. The van der Waals surface area contributed by atoms with E-state index in [1.165, 1.54) is 43.3 Å². The van der Waals surface area contributed by atoms with Gasteiger partial charge >= 0.3 is 12.6 Å². The van der Waals surface area contributed by atoms with Crippen molar-refractivity contribution in [2.75, 3.05) is 5.32 Å². The van der Waals surface area contributed by atoms with Crippen molar-refractivity contribution in [2.45, 2.75) is 13.5 Å². The fraction of sp³-hybridized carbons (Fsp3) is 0.118. The van der Waals surface area contributed by atoms with Gasteiger partial charge in [-0.2, -0.15) is 8.78 Å². The molecule has 0 heterocycles. The van der Waals surface area contributed by atoms with E-state index in [1.54, 1.807) is 0 Å². The molecule has 0 fully saturated rings. The number of nitrogens with one attached hydrogen (secondary N) is 1. The average molecular weight is 349 g/mol. The second kappa shape index (κ2) is 7.52. The maximum absolute atomic E-state index is 12.6. The van der Waals surface area contributed by atoms with Crippen LogP contribution in [0, 0.1) is 0 Å². The smallest absolute Gasteiger partial charge is 0.387 e. The van der Waals surface area contributed by atoms with Gasteiger partial charge in [0.25, 0.3) is 5.91 Å². The highest BCUT2D eigenvalue weighted by atomic mass is 19.3. The molecule has 0 aliphatic heterocycles. The van der Waals surface area contributed by atoms with Crippen LogP contribution in [-0.4, -0.2) is 29.4 Å². The Kier molecular flexibility index (Phi) is 5.43. The van der Waals surface area contributed by atoms with Gasteiger partial charge in [0, 0.05) is 5.56 Å². The number of halogens is 2. The zero-order valence-corrected chi connectivity index (χ0v) is 13.0. The molecule has 0 aliphatic carbocycles. The van der Waals surface area contributed by atoms with E-state index in [4.69, 9.17) is 5.11 Å². The lowest BCUT2D eigenvalue weighted by Crippen LogP contribution is -2.17. The maximum Gasteiger partial charge on any atom is 0.387 e. The fourth-order valence-corrected chi connectivity index (χ4v) is 2.10. The van der Waals surface area contributed by atoms with E-state index >= 15 is 0 Å². The van der Waals surface area contributed by atoms with Crippen molar-refractivity contribution >= 4 is 23.3 Å². The number of ketones is 1. The van der Waals surface area contributed by atoms with Gasteiger partial charge in [-0.15, -0.1) is 0 Å². The van der Waals surface area contributed by atoms with Crippen molar-refractivity contribution < 1.29 is 33.0 Å². The lowest BCUT2D eigenvalue weighted by molar-refractivity contribution is -0.0494. The molecule has 6 nitrogen and oxygen atoms in total. The number of alkyl halides is 2. The van der Waals surface area contributed by atoms with Crippen LogP contribution in [-0.2, 0) is 0 Å². The number of Topliss-reactive ketones (excluding diaryl/α,β-unsaturated/α-hetero) is 1. The van der Waals surface area contributed by atoms with Gasteiger partial charge in [-0.25, -0.2) is 4.79 Å². The van der Waals surface area contributed by atoms with Gasteiger partial charge in [0.1, 0.15) is 5.75 Å². The fourth-order valence-electron chi connectivity index (χ4n) is 2.10. The number of carbonyl (C=O) groups is 3. The summed E-state index contributed by atoms with van der Waals surface area (Å²) in [6, 6.07) is 9.09. The number of ether oxygens (including phenoxy) is 1. The number of hydrogen-bond acceptors (Lipinski definition) is 4. The molecule has 0 radical (unpaired) electrons. The largest absolute Gasteiger partial charge is 0.478 e. The minimum Gasteiger partial charge on any atom is -0.478 e. The number of rotatable bonds is 6. The average Bonchev–Trinajstić information content (AvgIpc) is 2.55. The first-order valence-electron chi connectivity index (χ1n) is 7.03. The molecule has 25 heavy (non-hydrogen) atoms. The molecule has 0 saturated carbocycles. The van der Waals surface area contributed by atoms with Crippen LogP contribution in [0.1, 0.15) is 38.0 Å². The Morgan fingerprint density at radius 1 is 1.08 bits per heavy atom. The second-order valence-corrected chi connectivity index (χ2v) is 4.95. The third-order valence-corrected chi connectivity index (χ3v) is 3.25. The summed E-state index contributed by atoms with van der Waals surface area (Å²) in [4.78, 5) is 34.8. The standard InChI is InChI=1S/C17H13F2NO5/c1-9(21)10-6-7-13(14(8-10)25-17(18)19)20-15(22)11-4-2-3-5-12(11)16(23)24/h2-8,17H,1H3,(H,20,22)(H,23,24). The summed E-state index contributed by atoms with van der Waals surface area (Å²) in [6.07, 6.45) is 0. The highest BCUT2D eigenvalue weighted by Crippen LogP contribution is 2.28. The van der Waals surface area contributed by atoms with Crippen LogP contribution < -0.4 is 10.1 Å². The van der Waals surface area contributed by atoms with Crippen LogP contribution >= 0.6 is 0 Å². The van der Waals surface area contributed by atoms with Crippen LogP contribution in [0.3, 0.4) is 0 Å². The van der Waals surface area contributed by atoms with Gasteiger partial charge < -0.3 is 15.2 Å². The summed E-state index contributed by atoms with van der Waals surface area (Å²) < 4.78 is 29.5. The van der Waals surface area contributed by atoms with Crippen molar-refractivity contribution in [1.82, 2.24) is 0 Å². The quantitative estimate of drug-likeness (QED) is 0.779. The molecule has 2 N–H and O–H groups in total. The van der Waals surface area contributed by atoms with Crippen LogP contribution in [0.25, 0.3) is 0 Å². The number of carboxylic acids is 1. The molecule has 2 aromatic carbocycles. The van der Waals surface area contributed by atoms with E-state index < -0.39 is 24.2 Å². The highest BCUT2D eigenvalue weighted by molar-refractivity contribution is 6.11. The number of carbonyl (C=O) groups excluding carboxylic acids is 2. The molecule has 0 saturated heterocycles. The first-order valence-corrected chi connectivity index (χ1v) is 7.03. The molecule has 0 spiro atoms. The Labute approximate surface area is 141 Å². The first-order chi connectivity index (χ1) is 11.8. The Balaban J connectivity index is 2.38. The molecule has 130 valence electrons. The zero-order valence-electron chi connectivity index (χ0n) is 13.0. The normalized spacial score (nSPS) is 10.4. The number of hydrogen-bond donors (Lipinski definition) is 2. The second-order valence-electron chi connectivity index (χ2n) is 4.95.